The van der Waals surface area contributed by atoms with Gasteiger partial charge in [-0.1, -0.05) is 11.6 Å². The van der Waals surface area contributed by atoms with E-state index in [4.69, 9.17) is 16.9 Å². The fourth-order valence-electron chi connectivity index (χ4n) is 1.71. The summed E-state index contributed by atoms with van der Waals surface area (Å²) in [6.45, 7) is 3.52. The minimum atomic E-state index is -0.708. The first-order valence-electron chi connectivity index (χ1n) is 4.96. The van der Waals surface area contributed by atoms with Gasteiger partial charge in [0.25, 0.3) is 0 Å². The van der Waals surface area contributed by atoms with Crippen LogP contribution < -0.4 is 5.32 Å². The molecule has 0 heterocycles. The molecule has 1 rings (SSSR count). The van der Waals surface area contributed by atoms with Crippen LogP contribution in [0.2, 0.25) is 5.02 Å². The molecule has 0 aromatic heterocycles. The molecule has 0 bridgehead atoms. The van der Waals surface area contributed by atoms with Gasteiger partial charge in [-0.3, -0.25) is 0 Å². The zero-order valence-electron chi connectivity index (χ0n) is 9.51. The molecule has 0 saturated heterocycles. The van der Waals surface area contributed by atoms with Crippen LogP contribution in [0.5, 0.6) is 0 Å². The third-order valence-electron chi connectivity index (χ3n) is 2.57. The third-order valence-corrected chi connectivity index (χ3v) is 2.80. The van der Waals surface area contributed by atoms with Crippen LogP contribution in [0.4, 0.5) is 4.39 Å². The summed E-state index contributed by atoms with van der Waals surface area (Å²) < 4.78 is 13.7. The molecule has 86 valence electrons. The summed E-state index contributed by atoms with van der Waals surface area (Å²) in [6.07, 6.45) is 0. The topological polar surface area (TPSA) is 35.8 Å². The number of hydrogen-bond acceptors (Lipinski definition) is 2. The minimum Gasteiger partial charge on any atom is -0.312 e. The number of nitrogens with one attached hydrogen (secondary N) is 1. The lowest BCUT2D eigenvalue weighted by Gasteiger charge is -2.28. The van der Waals surface area contributed by atoms with E-state index < -0.39 is 11.5 Å². The predicted molar refractivity (Wildman–Crippen MR) is 62.6 cm³/mol. The summed E-state index contributed by atoms with van der Waals surface area (Å²) in [4.78, 5) is 0. The first-order chi connectivity index (χ1) is 7.42. The average Bonchev–Trinajstić information content (AvgIpc) is 2.24. The van der Waals surface area contributed by atoms with Crippen LogP contribution in [0.3, 0.4) is 0 Å². The molecule has 1 aromatic carbocycles. The zero-order valence-corrected chi connectivity index (χ0v) is 10.3. The lowest BCUT2D eigenvalue weighted by Crippen LogP contribution is -2.31. The molecule has 0 fully saturated rings. The molecule has 4 heteroatoms. The van der Waals surface area contributed by atoms with Gasteiger partial charge < -0.3 is 5.32 Å². The molecular weight excluding hydrogens is 227 g/mol. The van der Waals surface area contributed by atoms with Gasteiger partial charge in [0.05, 0.1) is 17.5 Å². The first-order valence-corrected chi connectivity index (χ1v) is 5.33. The Morgan fingerprint density at radius 1 is 1.50 bits per heavy atom. The fraction of sp³-hybridized carbons (Fsp3) is 0.417. The van der Waals surface area contributed by atoms with E-state index in [1.54, 1.807) is 27.0 Å². The van der Waals surface area contributed by atoms with E-state index in [-0.39, 0.29) is 5.82 Å². The summed E-state index contributed by atoms with van der Waals surface area (Å²) >= 11 is 5.83. The number of hydrogen-bond donors (Lipinski definition) is 1. The molecule has 0 saturated carbocycles. The maximum atomic E-state index is 13.7. The molecule has 1 aromatic rings. The van der Waals surface area contributed by atoms with Crippen molar-refractivity contribution in [3.63, 3.8) is 0 Å². The molecule has 2 nitrogen and oxygen atoms in total. The highest BCUT2D eigenvalue weighted by atomic mass is 35.5. The summed E-state index contributed by atoms with van der Waals surface area (Å²) in [5, 5.41) is 12.5. The van der Waals surface area contributed by atoms with Crippen molar-refractivity contribution in [2.75, 3.05) is 7.05 Å². The third kappa shape index (κ3) is 2.52. The predicted octanol–water partition coefficient (Wildman–Crippen LogP) is 3.29. The summed E-state index contributed by atoms with van der Waals surface area (Å²) in [5.74, 6) is -0.355. The van der Waals surface area contributed by atoms with Crippen LogP contribution in [-0.4, -0.2) is 7.05 Å². The van der Waals surface area contributed by atoms with Crippen LogP contribution in [0.15, 0.2) is 18.2 Å². The highest BCUT2D eigenvalue weighted by molar-refractivity contribution is 6.30. The molecule has 1 unspecified atom stereocenters. The second-order valence-electron chi connectivity index (χ2n) is 4.22. The zero-order chi connectivity index (χ0) is 12.3. The Bertz CT molecular complexity index is 424. The van der Waals surface area contributed by atoms with Crippen molar-refractivity contribution in [2.24, 2.45) is 5.41 Å². The number of halogens is 2. The number of rotatable bonds is 3. The van der Waals surface area contributed by atoms with Crippen molar-refractivity contribution in [2.45, 2.75) is 19.9 Å². The van der Waals surface area contributed by atoms with E-state index in [0.29, 0.717) is 10.6 Å². The molecule has 1 N–H and O–H groups in total. The van der Waals surface area contributed by atoms with Gasteiger partial charge >= 0.3 is 0 Å². The minimum absolute atomic E-state index is 0.355. The second kappa shape index (κ2) is 4.82. The van der Waals surface area contributed by atoms with Crippen molar-refractivity contribution in [3.8, 4) is 6.07 Å². The smallest absolute Gasteiger partial charge is 0.128 e. The van der Waals surface area contributed by atoms with Gasteiger partial charge in [-0.15, -0.1) is 0 Å². The molecule has 0 aliphatic carbocycles. The van der Waals surface area contributed by atoms with E-state index >= 15 is 0 Å². The van der Waals surface area contributed by atoms with Gasteiger partial charge in [-0.2, -0.15) is 5.26 Å². The molecule has 0 amide bonds. The normalized spacial score (nSPS) is 13.2. The van der Waals surface area contributed by atoms with Crippen LogP contribution >= 0.6 is 11.6 Å². The van der Waals surface area contributed by atoms with Crippen LogP contribution in [-0.2, 0) is 0 Å². The van der Waals surface area contributed by atoms with E-state index in [9.17, 15) is 4.39 Å². The Balaban J connectivity index is 3.25. The van der Waals surface area contributed by atoms with Crippen molar-refractivity contribution >= 4 is 11.6 Å². The lowest BCUT2D eigenvalue weighted by molar-refractivity contribution is 0.334. The summed E-state index contributed by atoms with van der Waals surface area (Å²) in [7, 11) is 1.70. The standard InChI is InChI=1S/C12H14ClFN2/c1-12(2,7-15)11(16-3)9-6-8(13)4-5-10(9)14/h4-6,11,16H,1-3H3. The van der Waals surface area contributed by atoms with Gasteiger partial charge in [-0.25, -0.2) is 4.39 Å². The molecular formula is C12H14ClFN2. The van der Waals surface area contributed by atoms with Crippen molar-refractivity contribution in [1.29, 1.82) is 5.26 Å². The molecule has 0 aliphatic heterocycles. The maximum absolute atomic E-state index is 13.7. The lowest BCUT2D eigenvalue weighted by atomic mass is 9.81. The van der Waals surface area contributed by atoms with Crippen molar-refractivity contribution in [1.82, 2.24) is 5.32 Å². The highest BCUT2D eigenvalue weighted by Gasteiger charge is 2.31. The Kier molecular flexibility index (Phi) is 3.90. The number of nitriles is 1. The first kappa shape index (κ1) is 13.0. The number of nitrogens with zero attached hydrogens (tertiary/aromatic N) is 1. The fourth-order valence-corrected chi connectivity index (χ4v) is 1.89. The van der Waals surface area contributed by atoms with Gasteiger partial charge in [0, 0.05) is 10.6 Å². The van der Waals surface area contributed by atoms with Gasteiger partial charge in [-0.05, 0) is 39.1 Å². The largest absolute Gasteiger partial charge is 0.312 e. The van der Waals surface area contributed by atoms with E-state index in [1.807, 2.05) is 0 Å². The average molecular weight is 241 g/mol. The SMILES string of the molecule is CNC(c1cc(Cl)ccc1F)C(C)(C)C#N. The highest BCUT2D eigenvalue weighted by Crippen LogP contribution is 2.34. The summed E-state index contributed by atoms with van der Waals surface area (Å²) in [6, 6.07) is 6.13. The Labute approximate surface area is 100 Å². The Hall–Kier alpha value is -1.11. The summed E-state index contributed by atoms with van der Waals surface area (Å²) in [5.41, 5.74) is -0.290. The molecule has 0 radical (unpaired) electrons. The number of benzene rings is 1. The van der Waals surface area contributed by atoms with Gasteiger partial charge in [0.2, 0.25) is 0 Å². The molecule has 0 aliphatic rings. The Morgan fingerprint density at radius 3 is 2.62 bits per heavy atom. The van der Waals surface area contributed by atoms with E-state index in [0.717, 1.165) is 0 Å². The van der Waals surface area contributed by atoms with Crippen LogP contribution in [0.1, 0.15) is 25.5 Å². The quantitative estimate of drug-likeness (QED) is 0.880. The van der Waals surface area contributed by atoms with Crippen LogP contribution in [0.25, 0.3) is 0 Å². The Morgan fingerprint density at radius 2 is 2.12 bits per heavy atom. The van der Waals surface area contributed by atoms with Gasteiger partial charge in [0.15, 0.2) is 0 Å². The van der Waals surface area contributed by atoms with Gasteiger partial charge in [0.1, 0.15) is 5.82 Å². The van der Waals surface area contributed by atoms with E-state index in [1.165, 1.54) is 12.1 Å². The van der Waals surface area contributed by atoms with Crippen molar-refractivity contribution < 1.29 is 4.39 Å². The molecule has 16 heavy (non-hydrogen) atoms. The maximum Gasteiger partial charge on any atom is 0.128 e. The van der Waals surface area contributed by atoms with E-state index in [2.05, 4.69) is 11.4 Å². The van der Waals surface area contributed by atoms with Crippen LogP contribution in [0, 0.1) is 22.6 Å². The molecule has 1 atom stereocenters. The van der Waals surface area contributed by atoms with Crippen molar-refractivity contribution in [3.05, 3.63) is 34.6 Å². The monoisotopic (exact) mass is 240 g/mol. The molecule has 0 spiro atoms. The second-order valence-corrected chi connectivity index (χ2v) is 4.66.